The van der Waals surface area contributed by atoms with Gasteiger partial charge in [-0.3, -0.25) is 9.78 Å². The van der Waals surface area contributed by atoms with Crippen LogP contribution in [0.5, 0.6) is 0 Å². The van der Waals surface area contributed by atoms with Crippen molar-refractivity contribution < 1.29 is 13.6 Å². The van der Waals surface area contributed by atoms with Crippen molar-refractivity contribution in [3.8, 4) is 0 Å². The van der Waals surface area contributed by atoms with E-state index in [4.69, 9.17) is 0 Å². The topological polar surface area (TPSA) is 33.2 Å². The fraction of sp³-hybridized carbons (Fsp3) is 0.0526. The highest BCUT2D eigenvalue weighted by atomic mass is 19.1. The molecule has 3 rings (SSSR count). The van der Waals surface area contributed by atoms with Crippen molar-refractivity contribution in [3.05, 3.63) is 95.8 Å². The summed E-state index contributed by atoms with van der Waals surface area (Å²) < 4.78 is 26.6. The van der Waals surface area contributed by atoms with Crippen molar-refractivity contribution in [2.24, 2.45) is 0 Å². The Hall–Kier alpha value is -3.08. The zero-order valence-corrected chi connectivity index (χ0v) is 12.7. The Bertz CT molecular complexity index is 836. The van der Waals surface area contributed by atoms with Crippen molar-refractivity contribution in [2.75, 3.05) is 4.90 Å². The van der Waals surface area contributed by atoms with Crippen molar-refractivity contribution in [3.63, 3.8) is 0 Å². The van der Waals surface area contributed by atoms with Crippen molar-refractivity contribution in [2.45, 2.75) is 6.54 Å². The van der Waals surface area contributed by atoms with Crippen LogP contribution in [0.1, 0.15) is 15.9 Å². The van der Waals surface area contributed by atoms with E-state index in [1.54, 1.807) is 24.5 Å². The first-order valence-electron chi connectivity index (χ1n) is 7.35. The Kier molecular flexibility index (Phi) is 4.61. The maximum Gasteiger partial charge on any atom is 0.258 e. The van der Waals surface area contributed by atoms with E-state index >= 15 is 0 Å². The average Bonchev–Trinajstić information content (AvgIpc) is 2.61. The second-order valence-corrected chi connectivity index (χ2v) is 5.24. The molecule has 2 aromatic carbocycles. The first-order valence-corrected chi connectivity index (χ1v) is 7.35. The summed E-state index contributed by atoms with van der Waals surface area (Å²) in [5.41, 5.74) is 1.56. The average molecular weight is 324 g/mol. The Labute approximate surface area is 138 Å². The molecule has 120 valence electrons. The lowest BCUT2D eigenvalue weighted by Crippen LogP contribution is -2.30. The van der Waals surface area contributed by atoms with Crippen LogP contribution in [0.15, 0.2) is 73.1 Å². The third kappa shape index (κ3) is 3.63. The van der Waals surface area contributed by atoms with Gasteiger partial charge < -0.3 is 4.90 Å². The van der Waals surface area contributed by atoms with Crippen LogP contribution in [0.3, 0.4) is 0 Å². The fourth-order valence-corrected chi connectivity index (χ4v) is 2.35. The van der Waals surface area contributed by atoms with Gasteiger partial charge in [0.05, 0.1) is 6.54 Å². The molecule has 1 amide bonds. The van der Waals surface area contributed by atoms with Gasteiger partial charge in [0.1, 0.15) is 11.6 Å². The molecule has 1 heterocycles. The summed E-state index contributed by atoms with van der Waals surface area (Å²) in [7, 11) is 0. The number of amides is 1. The SMILES string of the molecule is O=C(c1cccc(F)c1)N(Cc1cccnc1)c1ccc(F)cc1. The predicted octanol–water partition coefficient (Wildman–Crippen LogP) is 4.21. The van der Waals surface area contributed by atoms with E-state index in [1.807, 2.05) is 6.07 Å². The normalized spacial score (nSPS) is 10.4. The summed E-state index contributed by atoms with van der Waals surface area (Å²) in [6.45, 7) is 0.245. The summed E-state index contributed by atoms with van der Waals surface area (Å²) in [6, 6.07) is 14.7. The molecule has 24 heavy (non-hydrogen) atoms. The van der Waals surface area contributed by atoms with Gasteiger partial charge in [-0.25, -0.2) is 8.78 Å². The first-order chi connectivity index (χ1) is 11.6. The van der Waals surface area contributed by atoms with Crippen LogP contribution in [0, 0.1) is 11.6 Å². The Morgan fingerprint density at radius 1 is 0.958 bits per heavy atom. The van der Waals surface area contributed by atoms with Crippen molar-refractivity contribution in [1.29, 1.82) is 0 Å². The molecule has 1 aromatic heterocycles. The molecule has 0 saturated carbocycles. The van der Waals surface area contributed by atoms with Gasteiger partial charge in [0.15, 0.2) is 0 Å². The number of carbonyl (C=O) groups excluding carboxylic acids is 1. The second-order valence-electron chi connectivity index (χ2n) is 5.24. The number of halogens is 2. The zero-order chi connectivity index (χ0) is 16.9. The van der Waals surface area contributed by atoms with Gasteiger partial charge >= 0.3 is 0 Å². The number of anilines is 1. The summed E-state index contributed by atoms with van der Waals surface area (Å²) in [5.74, 6) is -1.25. The van der Waals surface area contributed by atoms with Crippen LogP contribution in [-0.4, -0.2) is 10.9 Å². The predicted molar refractivity (Wildman–Crippen MR) is 87.6 cm³/mol. The Morgan fingerprint density at radius 3 is 2.42 bits per heavy atom. The first kappa shape index (κ1) is 15.8. The number of hydrogen-bond acceptors (Lipinski definition) is 2. The lowest BCUT2D eigenvalue weighted by molar-refractivity contribution is 0.0984. The smallest absolute Gasteiger partial charge is 0.258 e. The third-order valence-electron chi connectivity index (χ3n) is 3.52. The van der Waals surface area contributed by atoms with Gasteiger partial charge in [0, 0.05) is 23.6 Å². The van der Waals surface area contributed by atoms with E-state index < -0.39 is 11.6 Å². The third-order valence-corrected chi connectivity index (χ3v) is 3.52. The van der Waals surface area contributed by atoms with Crippen LogP contribution in [0.2, 0.25) is 0 Å². The number of rotatable bonds is 4. The van der Waals surface area contributed by atoms with E-state index in [1.165, 1.54) is 47.4 Å². The van der Waals surface area contributed by atoms with Crippen molar-refractivity contribution in [1.82, 2.24) is 4.98 Å². The Balaban J connectivity index is 1.97. The largest absolute Gasteiger partial charge is 0.304 e. The molecular weight excluding hydrogens is 310 g/mol. The van der Waals surface area contributed by atoms with Gasteiger partial charge in [-0.15, -0.1) is 0 Å². The standard InChI is InChI=1S/C19H14F2N2O/c20-16-6-8-18(9-7-16)23(13-14-3-2-10-22-12-14)19(24)15-4-1-5-17(21)11-15/h1-12H,13H2. The molecule has 0 aliphatic carbocycles. The van der Waals surface area contributed by atoms with Crippen LogP contribution in [0.25, 0.3) is 0 Å². The van der Waals surface area contributed by atoms with Gasteiger partial charge in [-0.1, -0.05) is 12.1 Å². The molecule has 0 radical (unpaired) electrons. The van der Waals surface area contributed by atoms with E-state index in [0.717, 1.165) is 5.56 Å². The maximum absolute atomic E-state index is 13.4. The fourth-order valence-electron chi connectivity index (χ4n) is 2.35. The molecule has 0 N–H and O–H groups in total. The highest BCUT2D eigenvalue weighted by molar-refractivity contribution is 6.06. The number of nitrogens with zero attached hydrogens (tertiary/aromatic N) is 2. The minimum atomic E-state index is -0.485. The molecule has 5 heteroatoms. The van der Waals surface area contributed by atoms with Crippen LogP contribution in [-0.2, 0) is 6.54 Å². The molecule has 0 bridgehead atoms. The van der Waals surface area contributed by atoms with Gasteiger partial charge in [0.2, 0.25) is 0 Å². The maximum atomic E-state index is 13.4. The minimum Gasteiger partial charge on any atom is -0.304 e. The van der Waals surface area contributed by atoms with Gasteiger partial charge in [0.25, 0.3) is 5.91 Å². The molecule has 0 fully saturated rings. The summed E-state index contributed by atoms with van der Waals surface area (Å²) >= 11 is 0. The quantitative estimate of drug-likeness (QED) is 0.720. The van der Waals surface area contributed by atoms with Crippen LogP contribution < -0.4 is 4.90 Å². The molecular formula is C19H14F2N2O. The molecule has 0 aliphatic heterocycles. The number of hydrogen-bond donors (Lipinski definition) is 0. The van der Waals surface area contributed by atoms with Crippen LogP contribution >= 0.6 is 0 Å². The Morgan fingerprint density at radius 2 is 1.75 bits per heavy atom. The summed E-state index contributed by atoms with van der Waals surface area (Å²) in [6.07, 6.45) is 3.29. The highest BCUT2D eigenvalue weighted by Gasteiger charge is 2.19. The molecule has 3 nitrogen and oxygen atoms in total. The zero-order valence-electron chi connectivity index (χ0n) is 12.7. The number of benzene rings is 2. The molecule has 0 atom stereocenters. The number of pyridine rings is 1. The van der Waals surface area contributed by atoms with Crippen molar-refractivity contribution >= 4 is 11.6 Å². The van der Waals surface area contributed by atoms with E-state index in [-0.39, 0.29) is 18.0 Å². The molecule has 0 spiro atoms. The minimum absolute atomic E-state index is 0.225. The number of carbonyl (C=O) groups is 1. The summed E-state index contributed by atoms with van der Waals surface area (Å²) in [4.78, 5) is 18.3. The van der Waals surface area contributed by atoms with E-state index in [0.29, 0.717) is 5.69 Å². The molecule has 3 aromatic rings. The lowest BCUT2D eigenvalue weighted by Gasteiger charge is -2.23. The second kappa shape index (κ2) is 7.00. The van der Waals surface area contributed by atoms with Gasteiger partial charge in [-0.05, 0) is 54.1 Å². The monoisotopic (exact) mass is 324 g/mol. The summed E-state index contributed by atoms with van der Waals surface area (Å²) in [5, 5.41) is 0. The number of aromatic nitrogens is 1. The molecule has 0 saturated heterocycles. The molecule has 0 aliphatic rings. The highest BCUT2D eigenvalue weighted by Crippen LogP contribution is 2.21. The van der Waals surface area contributed by atoms with E-state index in [9.17, 15) is 13.6 Å². The van der Waals surface area contributed by atoms with E-state index in [2.05, 4.69) is 4.98 Å². The molecule has 0 unspecified atom stereocenters. The lowest BCUT2D eigenvalue weighted by atomic mass is 10.1. The van der Waals surface area contributed by atoms with Crippen LogP contribution in [0.4, 0.5) is 14.5 Å². The van der Waals surface area contributed by atoms with Gasteiger partial charge in [-0.2, -0.15) is 0 Å².